The second kappa shape index (κ2) is 7.17. The van der Waals surface area contributed by atoms with E-state index >= 15 is 0 Å². The predicted molar refractivity (Wildman–Crippen MR) is 109 cm³/mol. The fourth-order valence-corrected chi connectivity index (χ4v) is 6.08. The van der Waals surface area contributed by atoms with Crippen LogP contribution in [0.4, 0.5) is 5.82 Å². The molecule has 2 N–H and O–H groups in total. The first kappa shape index (κ1) is 17.1. The normalized spacial score (nSPS) is 13.9. The first-order chi connectivity index (χ1) is 13.3. The Morgan fingerprint density at radius 2 is 2.15 bits per heavy atom. The van der Waals surface area contributed by atoms with E-state index in [9.17, 15) is 0 Å². The lowest BCUT2D eigenvalue weighted by Gasteiger charge is -2.10. The number of hydrogen-bond donors (Lipinski definition) is 1. The van der Waals surface area contributed by atoms with Gasteiger partial charge in [-0.15, -0.1) is 27.8 Å². The molecule has 7 nitrogen and oxygen atoms in total. The topological polar surface area (TPSA) is 95.4 Å². The van der Waals surface area contributed by atoms with Gasteiger partial charge >= 0.3 is 0 Å². The predicted octanol–water partition coefficient (Wildman–Crippen LogP) is 3.54. The summed E-state index contributed by atoms with van der Waals surface area (Å²) in [6.07, 6.45) is 4.71. The lowest BCUT2D eigenvalue weighted by Crippen LogP contribution is -2.04. The van der Waals surface area contributed by atoms with Crippen LogP contribution < -0.4 is 5.73 Å². The molecule has 0 radical (unpaired) electrons. The van der Waals surface area contributed by atoms with Crippen LogP contribution >= 0.6 is 34.4 Å². The lowest BCUT2D eigenvalue weighted by molar-refractivity contribution is 0.608. The Labute approximate surface area is 168 Å². The molecule has 4 aromatic heterocycles. The summed E-state index contributed by atoms with van der Waals surface area (Å²) >= 11 is 5.00. The first-order valence-electron chi connectivity index (χ1n) is 8.76. The Morgan fingerprint density at radius 3 is 3.04 bits per heavy atom. The summed E-state index contributed by atoms with van der Waals surface area (Å²) < 4.78 is 1.81. The summed E-state index contributed by atoms with van der Waals surface area (Å²) in [5.41, 5.74) is 7.67. The van der Waals surface area contributed by atoms with Gasteiger partial charge in [0, 0.05) is 9.75 Å². The summed E-state index contributed by atoms with van der Waals surface area (Å²) in [5.74, 6) is 1.93. The Hall–Kier alpha value is -2.04. The molecule has 0 saturated carbocycles. The fraction of sp³-hybridized carbons (Fsp3) is 0.353. The van der Waals surface area contributed by atoms with Crippen molar-refractivity contribution in [2.45, 2.75) is 43.1 Å². The third-order valence-electron chi connectivity index (χ3n) is 4.60. The molecule has 0 aromatic carbocycles. The number of aromatic nitrogens is 6. The summed E-state index contributed by atoms with van der Waals surface area (Å²) in [5, 5.41) is 15.9. The van der Waals surface area contributed by atoms with Gasteiger partial charge in [0.2, 0.25) is 5.16 Å². The lowest BCUT2D eigenvalue weighted by atomic mass is 9.97. The number of tetrazole rings is 1. The summed E-state index contributed by atoms with van der Waals surface area (Å²) in [7, 11) is 0. The van der Waals surface area contributed by atoms with Crippen LogP contribution in [0, 0.1) is 0 Å². The standard InChI is InChI=1S/C17H17N7S3/c18-15-14-11-5-1-2-6-12(11)27-16(14)20-13(19-15)9-26-17-21-22-23-24(17)8-10-4-3-7-25-10/h3-4,7H,1-2,5-6,8-9H2,(H2,18,19,20). The van der Waals surface area contributed by atoms with Crippen LogP contribution in [0.3, 0.4) is 0 Å². The number of thioether (sulfide) groups is 1. The molecule has 138 valence electrons. The van der Waals surface area contributed by atoms with Crippen LogP contribution in [0.1, 0.15) is 34.0 Å². The molecule has 0 unspecified atom stereocenters. The van der Waals surface area contributed by atoms with Crippen molar-refractivity contribution in [1.29, 1.82) is 0 Å². The number of anilines is 1. The van der Waals surface area contributed by atoms with Crippen molar-refractivity contribution in [3.8, 4) is 0 Å². The number of thiophene rings is 2. The highest BCUT2D eigenvalue weighted by Gasteiger charge is 2.20. The van der Waals surface area contributed by atoms with Gasteiger partial charge in [-0.1, -0.05) is 17.8 Å². The van der Waals surface area contributed by atoms with Gasteiger partial charge < -0.3 is 5.73 Å². The van der Waals surface area contributed by atoms with E-state index in [1.807, 2.05) is 10.7 Å². The van der Waals surface area contributed by atoms with E-state index in [1.54, 1.807) is 22.7 Å². The quantitative estimate of drug-likeness (QED) is 0.498. The number of fused-ring (bicyclic) bond motifs is 3. The average Bonchev–Trinajstić information content (AvgIpc) is 3.40. The monoisotopic (exact) mass is 415 g/mol. The van der Waals surface area contributed by atoms with Gasteiger partial charge in [-0.3, -0.25) is 0 Å². The Kier molecular flexibility index (Phi) is 4.54. The van der Waals surface area contributed by atoms with Gasteiger partial charge in [-0.2, -0.15) is 0 Å². The number of aryl methyl sites for hydroxylation is 2. The molecule has 4 aromatic rings. The maximum atomic E-state index is 6.30. The minimum Gasteiger partial charge on any atom is -0.383 e. The van der Waals surface area contributed by atoms with Gasteiger partial charge in [-0.05, 0) is 53.1 Å². The van der Waals surface area contributed by atoms with E-state index < -0.39 is 0 Å². The van der Waals surface area contributed by atoms with Crippen molar-refractivity contribution in [2.75, 3.05) is 5.73 Å². The SMILES string of the molecule is Nc1nc(CSc2nnnn2Cc2cccs2)nc2sc3c(c12)CCCC3. The molecule has 4 heterocycles. The third kappa shape index (κ3) is 3.32. The number of nitrogen functional groups attached to an aromatic ring is 1. The van der Waals surface area contributed by atoms with E-state index in [1.165, 1.54) is 39.9 Å². The van der Waals surface area contributed by atoms with Crippen LogP contribution in [0.2, 0.25) is 0 Å². The molecule has 10 heteroatoms. The molecular formula is C17H17N7S3. The van der Waals surface area contributed by atoms with Gasteiger partial charge in [0.25, 0.3) is 0 Å². The number of hydrogen-bond acceptors (Lipinski definition) is 9. The molecule has 0 amide bonds. The summed E-state index contributed by atoms with van der Waals surface area (Å²) in [4.78, 5) is 13.0. The van der Waals surface area contributed by atoms with Crippen LogP contribution in [-0.2, 0) is 25.1 Å². The van der Waals surface area contributed by atoms with E-state index in [0.717, 1.165) is 34.0 Å². The van der Waals surface area contributed by atoms with E-state index in [2.05, 4.69) is 32.0 Å². The second-order valence-corrected chi connectivity index (χ2v) is 9.46. The van der Waals surface area contributed by atoms with E-state index in [0.29, 0.717) is 18.1 Å². The molecule has 0 spiro atoms. The zero-order chi connectivity index (χ0) is 18.2. The first-order valence-corrected chi connectivity index (χ1v) is 11.4. The molecule has 0 aliphatic heterocycles. The van der Waals surface area contributed by atoms with Crippen molar-refractivity contribution in [1.82, 2.24) is 30.2 Å². The highest BCUT2D eigenvalue weighted by Crippen LogP contribution is 2.38. The molecule has 1 aliphatic rings. The van der Waals surface area contributed by atoms with Gasteiger partial charge in [0.1, 0.15) is 16.5 Å². The minimum absolute atomic E-state index is 0.591. The van der Waals surface area contributed by atoms with Crippen LogP contribution in [0.5, 0.6) is 0 Å². The fourth-order valence-electron chi connectivity index (χ4n) is 3.37. The molecular weight excluding hydrogens is 398 g/mol. The minimum atomic E-state index is 0.591. The highest BCUT2D eigenvalue weighted by atomic mass is 32.2. The summed E-state index contributed by atoms with van der Waals surface area (Å²) in [6, 6.07) is 4.11. The zero-order valence-corrected chi connectivity index (χ0v) is 16.9. The maximum Gasteiger partial charge on any atom is 0.210 e. The van der Waals surface area contributed by atoms with Gasteiger partial charge in [0.15, 0.2) is 0 Å². The van der Waals surface area contributed by atoms with Crippen molar-refractivity contribution in [3.05, 3.63) is 38.7 Å². The van der Waals surface area contributed by atoms with Crippen LogP contribution in [-0.4, -0.2) is 30.2 Å². The molecule has 0 bridgehead atoms. The average molecular weight is 416 g/mol. The number of nitrogens with zero attached hydrogens (tertiary/aromatic N) is 6. The number of nitrogens with two attached hydrogens (primary N) is 1. The molecule has 0 atom stereocenters. The largest absolute Gasteiger partial charge is 0.383 e. The maximum absolute atomic E-state index is 6.30. The van der Waals surface area contributed by atoms with Crippen molar-refractivity contribution >= 4 is 50.5 Å². The zero-order valence-electron chi connectivity index (χ0n) is 14.5. The Bertz CT molecular complexity index is 1080. The van der Waals surface area contributed by atoms with Crippen molar-refractivity contribution in [2.24, 2.45) is 0 Å². The smallest absolute Gasteiger partial charge is 0.210 e. The molecule has 27 heavy (non-hydrogen) atoms. The van der Waals surface area contributed by atoms with Gasteiger partial charge in [-0.25, -0.2) is 14.6 Å². The van der Waals surface area contributed by atoms with E-state index in [4.69, 9.17) is 10.7 Å². The number of rotatable bonds is 5. The molecule has 1 aliphatic carbocycles. The molecule has 0 fully saturated rings. The van der Waals surface area contributed by atoms with Crippen LogP contribution in [0.15, 0.2) is 22.7 Å². The highest BCUT2D eigenvalue weighted by molar-refractivity contribution is 7.98. The Balaban J connectivity index is 1.37. The van der Waals surface area contributed by atoms with Crippen LogP contribution in [0.25, 0.3) is 10.2 Å². The second-order valence-electron chi connectivity index (χ2n) is 6.40. The summed E-state index contributed by atoms with van der Waals surface area (Å²) in [6.45, 7) is 0.673. The molecule has 0 saturated heterocycles. The van der Waals surface area contributed by atoms with Crippen molar-refractivity contribution in [3.63, 3.8) is 0 Å². The van der Waals surface area contributed by atoms with Gasteiger partial charge in [0.05, 0.1) is 17.7 Å². The van der Waals surface area contributed by atoms with E-state index in [-0.39, 0.29) is 0 Å². The third-order valence-corrected chi connectivity index (χ3v) is 7.60. The molecule has 5 rings (SSSR count). The van der Waals surface area contributed by atoms with Crippen molar-refractivity contribution < 1.29 is 0 Å². The Morgan fingerprint density at radius 1 is 1.22 bits per heavy atom.